The predicted molar refractivity (Wildman–Crippen MR) is 203 cm³/mol. The van der Waals surface area contributed by atoms with Crippen molar-refractivity contribution in [3.05, 3.63) is 65.7 Å². The van der Waals surface area contributed by atoms with E-state index in [0.717, 1.165) is 32.1 Å². The van der Waals surface area contributed by atoms with Crippen LogP contribution < -0.4 is 10.1 Å². The predicted octanol–water partition coefficient (Wildman–Crippen LogP) is 5.86. The number of benzene rings is 2. The van der Waals surface area contributed by atoms with E-state index in [2.05, 4.69) is 24.1 Å². The third kappa shape index (κ3) is 14.7. The normalized spacial score (nSPS) is 18.4. The summed E-state index contributed by atoms with van der Waals surface area (Å²) in [6.07, 6.45) is 9.17. The van der Waals surface area contributed by atoms with E-state index in [4.69, 9.17) is 14.2 Å². The van der Waals surface area contributed by atoms with Gasteiger partial charge in [-0.1, -0.05) is 93.8 Å². The van der Waals surface area contributed by atoms with Crippen molar-refractivity contribution in [1.82, 2.24) is 5.32 Å². The first-order chi connectivity index (χ1) is 26.1. The number of hydrogen-bond donors (Lipinski definition) is 3. The minimum absolute atomic E-state index is 0.0223. The Kier molecular flexibility index (Phi) is 19.5. The summed E-state index contributed by atoms with van der Waals surface area (Å²) in [6.45, 7) is 2.94. The van der Waals surface area contributed by atoms with Gasteiger partial charge in [-0.2, -0.15) is 0 Å². The molecule has 1 amide bonds. The molecule has 1 saturated heterocycles. The van der Waals surface area contributed by atoms with Crippen LogP contribution in [0.1, 0.15) is 120 Å². The highest BCUT2D eigenvalue weighted by atomic mass is 16.6. The van der Waals surface area contributed by atoms with Crippen molar-refractivity contribution in [2.45, 2.75) is 128 Å². The summed E-state index contributed by atoms with van der Waals surface area (Å²) in [6, 6.07) is 13.9. The summed E-state index contributed by atoms with van der Waals surface area (Å²) in [5.74, 6) is 1.99. The van der Waals surface area contributed by atoms with Gasteiger partial charge < -0.3 is 29.7 Å². The molecule has 4 atom stereocenters. The van der Waals surface area contributed by atoms with Gasteiger partial charge in [0.1, 0.15) is 30.3 Å². The molecule has 54 heavy (non-hydrogen) atoms. The lowest BCUT2D eigenvalue weighted by Crippen LogP contribution is -2.60. The molecule has 11 nitrogen and oxygen atoms in total. The maximum absolute atomic E-state index is 14.0. The van der Waals surface area contributed by atoms with E-state index in [1.807, 2.05) is 0 Å². The topological polar surface area (TPSA) is 166 Å². The average Bonchev–Trinajstić information content (AvgIpc) is 3.17. The lowest BCUT2D eigenvalue weighted by atomic mass is 9.77. The van der Waals surface area contributed by atoms with E-state index < -0.39 is 66.9 Å². The van der Waals surface area contributed by atoms with Crippen molar-refractivity contribution >= 4 is 29.4 Å². The Morgan fingerprint density at radius 2 is 1.61 bits per heavy atom. The number of aliphatic hydroxyl groups excluding tert-OH is 1. The van der Waals surface area contributed by atoms with Gasteiger partial charge in [0.05, 0.1) is 5.92 Å². The summed E-state index contributed by atoms with van der Waals surface area (Å²) >= 11 is 0. The van der Waals surface area contributed by atoms with Gasteiger partial charge in [0.25, 0.3) is 0 Å². The molecule has 294 valence electrons. The fourth-order valence-corrected chi connectivity index (χ4v) is 6.51. The number of rotatable bonds is 25. The highest BCUT2D eigenvalue weighted by Crippen LogP contribution is 2.35. The summed E-state index contributed by atoms with van der Waals surface area (Å²) in [4.78, 5) is 65.5. The monoisotopic (exact) mass is 747 g/mol. The maximum atomic E-state index is 14.0. The molecule has 2 aromatic carbocycles. The first kappa shape index (κ1) is 43.9. The molecule has 2 aromatic rings. The van der Waals surface area contributed by atoms with Crippen molar-refractivity contribution < 1.29 is 48.4 Å². The Morgan fingerprint density at radius 3 is 2.26 bits per heavy atom. The molecule has 0 saturated carbocycles. The minimum atomic E-state index is -2.32. The smallest absolute Gasteiger partial charge is 0.339 e. The minimum Gasteiger partial charge on any atom is -0.481 e. The zero-order valence-electron chi connectivity index (χ0n) is 31.8. The lowest BCUT2D eigenvalue weighted by Gasteiger charge is -2.40. The Bertz CT molecular complexity index is 1550. The van der Waals surface area contributed by atoms with E-state index in [9.17, 15) is 34.2 Å². The third-order valence-electron chi connectivity index (χ3n) is 9.70. The van der Waals surface area contributed by atoms with E-state index in [1.165, 1.54) is 19.3 Å². The van der Waals surface area contributed by atoms with Crippen molar-refractivity contribution in [1.29, 1.82) is 0 Å². The molecule has 1 heterocycles. The van der Waals surface area contributed by atoms with E-state index in [1.54, 1.807) is 61.5 Å². The molecule has 1 aliphatic heterocycles. The van der Waals surface area contributed by atoms with Crippen LogP contribution in [0.15, 0.2) is 54.6 Å². The molecule has 1 aliphatic rings. The van der Waals surface area contributed by atoms with E-state index in [-0.39, 0.29) is 19.4 Å². The molecule has 1 unspecified atom stereocenters. The van der Waals surface area contributed by atoms with Crippen LogP contribution >= 0.6 is 0 Å². The summed E-state index contributed by atoms with van der Waals surface area (Å²) < 4.78 is 16.5. The van der Waals surface area contributed by atoms with Crippen LogP contribution in [0.3, 0.4) is 0 Å². The van der Waals surface area contributed by atoms with Crippen molar-refractivity contribution in [3.63, 3.8) is 0 Å². The molecule has 3 N–H and O–H groups in total. The molecule has 0 bridgehead atoms. The second kappa shape index (κ2) is 24.0. The Labute approximate surface area is 319 Å². The van der Waals surface area contributed by atoms with Gasteiger partial charge in [0.15, 0.2) is 18.0 Å². The first-order valence-corrected chi connectivity index (χ1v) is 19.3. The zero-order chi connectivity index (χ0) is 39.2. The van der Waals surface area contributed by atoms with Gasteiger partial charge in [0, 0.05) is 37.9 Å². The average molecular weight is 748 g/mol. The molecular weight excluding hydrogens is 690 g/mol. The van der Waals surface area contributed by atoms with Crippen molar-refractivity contribution in [3.8, 4) is 17.6 Å². The molecule has 1 fully saturated rings. The second-order valence-electron chi connectivity index (χ2n) is 13.9. The van der Waals surface area contributed by atoms with Crippen molar-refractivity contribution in [2.75, 3.05) is 19.8 Å². The number of carbonyl (C=O) groups excluding carboxylic acids is 5. The number of Topliss-reactive ketones (excluding diaryl/α,β-unsaturated/α-hetero) is 2. The van der Waals surface area contributed by atoms with Crippen LogP contribution in [0.25, 0.3) is 0 Å². The fourth-order valence-electron chi connectivity index (χ4n) is 6.51. The summed E-state index contributed by atoms with van der Waals surface area (Å²) in [5.41, 5.74) is -1.32. The Hall–Kier alpha value is -4.53. The molecule has 3 rings (SSSR count). The lowest BCUT2D eigenvalue weighted by molar-refractivity contribution is -0.197. The van der Waals surface area contributed by atoms with Gasteiger partial charge in [-0.3, -0.25) is 14.4 Å². The third-order valence-corrected chi connectivity index (χ3v) is 9.70. The van der Waals surface area contributed by atoms with Crippen LogP contribution in [0.5, 0.6) is 5.75 Å². The number of hydrogen-bond acceptors (Lipinski definition) is 10. The number of amides is 1. The SMILES string of the molecule is CC#CCOc1ccc(C[C@H](NC(=O)[C@H]2CC(CCCCCCC(=O)CCCCCCC)OC(=O)[C@]2(O)CCO)C(=O)OCC(=O)c2ccccc2)cc1. The fraction of sp³-hybridized carbons (Fsp3) is 0.558. The van der Waals surface area contributed by atoms with Gasteiger partial charge in [-0.25, -0.2) is 9.59 Å². The van der Waals surface area contributed by atoms with Gasteiger partial charge >= 0.3 is 11.9 Å². The van der Waals surface area contributed by atoms with Crippen LogP contribution in [-0.4, -0.2) is 77.2 Å². The summed E-state index contributed by atoms with van der Waals surface area (Å²) in [5, 5.41) is 23.8. The number of aliphatic hydroxyl groups is 2. The molecular formula is C43H57NO10. The highest BCUT2D eigenvalue weighted by Gasteiger charge is 2.54. The maximum Gasteiger partial charge on any atom is 0.339 e. The standard InChI is InChI=1S/C43H57NO10/c1-3-5-7-8-14-19-34(46)20-15-9-10-16-21-36-30-37(43(51,26-27-45)42(50)54-36)40(48)44-38(29-32-22-24-35(25-23-32)52-28-6-4-2)41(49)53-31-39(47)33-17-12-11-13-18-33/h11-13,17-18,22-25,36-38,45,51H,3,5,7-10,14-16,19-21,26-31H2,1-2H3,(H,44,48)/t36?,37-,38+,43+/m1/s1. The van der Waals surface area contributed by atoms with Crippen LogP contribution in [0.4, 0.5) is 0 Å². The zero-order valence-corrected chi connectivity index (χ0v) is 31.8. The number of carbonyl (C=O) groups is 5. The van der Waals surface area contributed by atoms with Crippen LogP contribution in [0, 0.1) is 17.8 Å². The number of ketones is 2. The largest absolute Gasteiger partial charge is 0.481 e. The van der Waals surface area contributed by atoms with Crippen LogP contribution in [0.2, 0.25) is 0 Å². The molecule has 0 aromatic heterocycles. The molecule has 0 radical (unpaired) electrons. The number of unbranched alkanes of at least 4 members (excludes halogenated alkanes) is 7. The number of esters is 2. The van der Waals surface area contributed by atoms with Crippen molar-refractivity contribution in [2.24, 2.45) is 5.92 Å². The first-order valence-electron chi connectivity index (χ1n) is 19.3. The molecule has 11 heteroatoms. The van der Waals surface area contributed by atoms with E-state index in [0.29, 0.717) is 48.3 Å². The van der Waals surface area contributed by atoms with Crippen LogP contribution in [-0.2, 0) is 35.1 Å². The Morgan fingerprint density at radius 1 is 0.944 bits per heavy atom. The number of nitrogens with one attached hydrogen (secondary N) is 1. The van der Waals surface area contributed by atoms with E-state index >= 15 is 0 Å². The number of cyclic esters (lactones) is 1. The van der Waals surface area contributed by atoms with Gasteiger partial charge in [0.2, 0.25) is 5.91 Å². The summed E-state index contributed by atoms with van der Waals surface area (Å²) in [7, 11) is 0. The second-order valence-corrected chi connectivity index (χ2v) is 13.9. The quantitative estimate of drug-likeness (QED) is 0.0485. The molecule has 0 spiro atoms. The number of ether oxygens (including phenoxy) is 3. The van der Waals surface area contributed by atoms with Gasteiger partial charge in [-0.05, 0) is 56.7 Å². The Balaban J connectivity index is 1.65. The highest BCUT2D eigenvalue weighted by molar-refractivity contribution is 5.98. The van der Waals surface area contributed by atoms with Gasteiger partial charge in [-0.15, -0.1) is 5.92 Å². The molecule has 0 aliphatic carbocycles.